The van der Waals surface area contributed by atoms with Gasteiger partial charge in [0.1, 0.15) is 5.75 Å². The highest BCUT2D eigenvalue weighted by Gasteiger charge is 2.18. The number of hydrogen-bond donors (Lipinski definition) is 2. The van der Waals surface area contributed by atoms with Crippen LogP contribution in [0.2, 0.25) is 0 Å². The Balaban J connectivity index is 1.60. The monoisotopic (exact) mass is 476 g/mol. The van der Waals surface area contributed by atoms with E-state index in [1.165, 1.54) is 0 Å². The van der Waals surface area contributed by atoms with Gasteiger partial charge in [0.2, 0.25) is 0 Å². The maximum Gasteiger partial charge on any atom is 0.256 e. The third-order valence-corrected chi connectivity index (χ3v) is 5.82. The van der Waals surface area contributed by atoms with Gasteiger partial charge in [0.05, 0.1) is 24.4 Å². The van der Waals surface area contributed by atoms with Crippen LogP contribution in [0, 0.1) is 0 Å². The Morgan fingerprint density at radius 3 is 2.06 bits per heavy atom. The van der Waals surface area contributed by atoms with Gasteiger partial charge in [-0.3, -0.25) is 9.59 Å². The third-order valence-electron chi connectivity index (χ3n) is 5.82. The summed E-state index contributed by atoms with van der Waals surface area (Å²) >= 11 is 0. The zero-order valence-electron chi connectivity index (χ0n) is 20.3. The van der Waals surface area contributed by atoms with E-state index in [0.29, 0.717) is 16.8 Å². The topological polar surface area (TPSA) is 67.4 Å². The maximum absolute atomic E-state index is 13.5. The quantitative estimate of drug-likeness (QED) is 0.230. The summed E-state index contributed by atoms with van der Waals surface area (Å²) in [6.45, 7) is 1.93. The van der Waals surface area contributed by atoms with E-state index in [0.717, 1.165) is 22.4 Å². The number of rotatable bonds is 8. The fourth-order valence-corrected chi connectivity index (χ4v) is 3.84. The number of para-hydroxylation sites is 1. The average molecular weight is 477 g/mol. The second kappa shape index (κ2) is 11.7. The fraction of sp³-hybridized carbons (Fsp3) is 0.0968. The van der Waals surface area contributed by atoms with Crippen LogP contribution in [0.15, 0.2) is 109 Å². The summed E-state index contributed by atoms with van der Waals surface area (Å²) in [5.41, 5.74) is 3.94. The lowest BCUT2D eigenvalue weighted by molar-refractivity contribution is -0.111. The molecule has 0 unspecified atom stereocenters. The molecule has 0 radical (unpaired) electrons. The highest BCUT2D eigenvalue weighted by molar-refractivity contribution is 6.29. The minimum atomic E-state index is -0.312. The number of ether oxygens (including phenoxy) is 1. The highest BCUT2D eigenvalue weighted by atomic mass is 16.5. The largest absolute Gasteiger partial charge is 0.497 e. The van der Waals surface area contributed by atoms with Crippen molar-refractivity contribution in [3.63, 3.8) is 0 Å². The Hall–Kier alpha value is -4.64. The van der Waals surface area contributed by atoms with Crippen LogP contribution in [0.25, 0.3) is 11.6 Å². The van der Waals surface area contributed by atoms with Crippen molar-refractivity contribution in [2.24, 2.45) is 0 Å². The third kappa shape index (κ3) is 6.07. The van der Waals surface area contributed by atoms with E-state index in [1.807, 2.05) is 97.9 Å². The molecule has 0 saturated carbocycles. The van der Waals surface area contributed by atoms with Crippen molar-refractivity contribution in [2.75, 3.05) is 12.4 Å². The fourth-order valence-electron chi connectivity index (χ4n) is 3.84. The first-order valence-electron chi connectivity index (χ1n) is 11.7. The number of methoxy groups -OCH3 is 1. The van der Waals surface area contributed by atoms with Crippen LogP contribution in [0.3, 0.4) is 0 Å². The summed E-state index contributed by atoms with van der Waals surface area (Å²) < 4.78 is 5.24. The molecule has 4 aromatic rings. The van der Waals surface area contributed by atoms with Crippen LogP contribution in [0.1, 0.15) is 40.0 Å². The molecular formula is C31H28N2O3. The number of amides is 2. The van der Waals surface area contributed by atoms with Crippen LogP contribution in [0.5, 0.6) is 5.75 Å². The minimum Gasteiger partial charge on any atom is -0.497 e. The van der Waals surface area contributed by atoms with Crippen molar-refractivity contribution < 1.29 is 14.3 Å². The molecule has 0 heterocycles. The van der Waals surface area contributed by atoms with Gasteiger partial charge in [0, 0.05) is 5.57 Å². The average Bonchev–Trinajstić information content (AvgIpc) is 2.93. The molecule has 5 nitrogen and oxygen atoms in total. The Kier molecular flexibility index (Phi) is 7.94. The number of anilines is 1. The van der Waals surface area contributed by atoms with E-state index in [9.17, 15) is 9.59 Å². The minimum absolute atomic E-state index is 0.183. The first kappa shape index (κ1) is 24.5. The zero-order valence-corrected chi connectivity index (χ0v) is 20.3. The standard InChI is InChI=1S/C31H28N2O3/c1-22(24-11-5-3-6-12-24)32-30(34)27-15-9-10-16-29(27)33-31(35)28(25-13-7-4-8-14-25)21-23-17-19-26(36-2)20-18-23/h3-22H,1-2H3,(H,32,34)(H,33,35)/b28-21+/t22-/m0/s1. The second-order valence-electron chi connectivity index (χ2n) is 8.30. The van der Waals surface area contributed by atoms with E-state index in [4.69, 9.17) is 4.74 Å². The molecule has 0 aromatic heterocycles. The molecule has 36 heavy (non-hydrogen) atoms. The zero-order chi connectivity index (χ0) is 25.3. The molecule has 5 heteroatoms. The van der Waals surface area contributed by atoms with Crippen molar-refractivity contribution in [3.8, 4) is 5.75 Å². The van der Waals surface area contributed by atoms with E-state index in [-0.39, 0.29) is 17.9 Å². The molecule has 2 amide bonds. The van der Waals surface area contributed by atoms with Crippen LogP contribution >= 0.6 is 0 Å². The smallest absolute Gasteiger partial charge is 0.256 e. The molecule has 4 rings (SSSR count). The molecule has 0 aliphatic heterocycles. The maximum atomic E-state index is 13.5. The first-order valence-corrected chi connectivity index (χ1v) is 11.7. The van der Waals surface area contributed by atoms with Crippen molar-refractivity contribution in [3.05, 3.63) is 131 Å². The predicted octanol–water partition coefficient (Wildman–Crippen LogP) is 6.37. The van der Waals surface area contributed by atoms with Crippen LogP contribution in [-0.4, -0.2) is 18.9 Å². The molecule has 0 saturated heterocycles. The van der Waals surface area contributed by atoms with Gasteiger partial charge in [-0.05, 0) is 54.0 Å². The van der Waals surface area contributed by atoms with Crippen LogP contribution in [0.4, 0.5) is 5.69 Å². The van der Waals surface area contributed by atoms with E-state index >= 15 is 0 Å². The SMILES string of the molecule is COc1ccc(/C=C(/C(=O)Nc2ccccc2C(=O)N[C@@H](C)c2ccccc2)c2ccccc2)cc1. The van der Waals surface area contributed by atoms with E-state index < -0.39 is 0 Å². The Morgan fingerprint density at radius 2 is 1.39 bits per heavy atom. The number of carbonyl (C=O) groups excluding carboxylic acids is 2. The predicted molar refractivity (Wildman–Crippen MR) is 145 cm³/mol. The molecular weight excluding hydrogens is 448 g/mol. The van der Waals surface area contributed by atoms with Gasteiger partial charge in [-0.15, -0.1) is 0 Å². The normalized spacial score (nSPS) is 11.9. The van der Waals surface area contributed by atoms with Crippen molar-refractivity contribution >= 4 is 29.2 Å². The Morgan fingerprint density at radius 1 is 0.778 bits per heavy atom. The molecule has 4 aromatic carbocycles. The summed E-state index contributed by atoms with van der Waals surface area (Å²) in [6.07, 6.45) is 1.82. The Bertz CT molecular complexity index is 1350. The number of hydrogen-bond acceptors (Lipinski definition) is 3. The Labute approximate surface area is 211 Å². The number of carbonyl (C=O) groups is 2. The van der Waals surface area contributed by atoms with Crippen molar-refractivity contribution in [1.82, 2.24) is 5.32 Å². The molecule has 0 fully saturated rings. The lowest BCUT2D eigenvalue weighted by Crippen LogP contribution is -2.28. The van der Waals surface area contributed by atoms with Gasteiger partial charge in [0.25, 0.3) is 11.8 Å². The van der Waals surface area contributed by atoms with Gasteiger partial charge < -0.3 is 15.4 Å². The van der Waals surface area contributed by atoms with Gasteiger partial charge in [-0.1, -0.05) is 84.9 Å². The molecule has 0 aliphatic rings. The molecule has 2 N–H and O–H groups in total. The number of benzene rings is 4. The summed E-state index contributed by atoms with van der Waals surface area (Å²) in [5, 5.41) is 5.97. The second-order valence-corrected chi connectivity index (χ2v) is 8.30. The lowest BCUT2D eigenvalue weighted by Gasteiger charge is -2.17. The molecule has 1 atom stereocenters. The molecule has 0 spiro atoms. The summed E-state index contributed by atoms with van der Waals surface area (Å²) in [4.78, 5) is 26.7. The summed E-state index contributed by atoms with van der Waals surface area (Å²) in [5.74, 6) is 0.165. The number of nitrogens with one attached hydrogen (secondary N) is 2. The van der Waals surface area contributed by atoms with E-state index in [1.54, 1.807) is 31.4 Å². The van der Waals surface area contributed by atoms with Gasteiger partial charge in [0.15, 0.2) is 0 Å². The lowest BCUT2D eigenvalue weighted by atomic mass is 10.0. The summed E-state index contributed by atoms with van der Waals surface area (Å²) in [6, 6.07) is 33.5. The van der Waals surface area contributed by atoms with Gasteiger partial charge in [-0.25, -0.2) is 0 Å². The van der Waals surface area contributed by atoms with E-state index in [2.05, 4.69) is 10.6 Å². The van der Waals surface area contributed by atoms with Gasteiger partial charge in [-0.2, -0.15) is 0 Å². The van der Waals surface area contributed by atoms with Crippen LogP contribution < -0.4 is 15.4 Å². The first-order chi connectivity index (χ1) is 17.5. The van der Waals surface area contributed by atoms with Crippen molar-refractivity contribution in [2.45, 2.75) is 13.0 Å². The van der Waals surface area contributed by atoms with Gasteiger partial charge >= 0.3 is 0 Å². The van der Waals surface area contributed by atoms with Crippen LogP contribution in [-0.2, 0) is 4.79 Å². The van der Waals surface area contributed by atoms with Crippen molar-refractivity contribution in [1.29, 1.82) is 0 Å². The highest BCUT2D eigenvalue weighted by Crippen LogP contribution is 2.24. The molecule has 0 bridgehead atoms. The molecule has 0 aliphatic carbocycles. The summed E-state index contributed by atoms with van der Waals surface area (Å²) in [7, 11) is 1.61. The molecule has 180 valence electrons.